The lowest BCUT2D eigenvalue weighted by Crippen LogP contribution is -2.15. The average Bonchev–Trinajstić information content (AvgIpc) is 2.03. The van der Waals surface area contributed by atoms with Crippen molar-refractivity contribution in [3.8, 4) is 0 Å². The lowest BCUT2D eigenvalue weighted by Gasteiger charge is -2.09. The van der Waals surface area contributed by atoms with Crippen LogP contribution in [0.25, 0.3) is 0 Å². The van der Waals surface area contributed by atoms with Gasteiger partial charge in [0, 0.05) is 12.1 Å². The summed E-state index contributed by atoms with van der Waals surface area (Å²) in [5.41, 5.74) is 0.235. The number of pyridine rings is 1. The Morgan fingerprint density at radius 2 is 2.17 bits per heavy atom. The van der Waals surface area contributed by atoms with Crippen molar-refractivity contribution in [3.63, 3.8) is 0 Å². The summed E-state index contributed by atoms with van der Waals surface area (Å²) in [6, 6.07) is 0.626. The minimum absolute atomic E-state index is 0.203. The molecule has 1 heterocycles. The summed E-state index contributed by atoms with van der Waals surface area (Å²) >= 11 is 0. The number of nitrogens with one attached hydrogen (secondary N) is 1. The first-order valence-corrected chi connectivity index (χ1v) is 3.63. The van der Waals surface area contributed by atoms with Gasteiger partial charge in [0.05, 0.1) is 11.9 Å². The molecule has 0 amide bonds. The van der Waals surface area contributed by atoms with Gasteiger partial charge in [-0.1, -0.05) is 0 Å². The molecule has 0 saturated heterocycles. The van der Waals surface area contributed by atoms with Gasteiger partial charge in [0.1, 0.15) is 11.6 Å². The number of hydrogen-bond acceptors (Lipinski definition) is 2. The second kappa shape index (κ2) is 3.58. The largest absolute Gasteiger partial charge is 0.312 e. The van der Waals surface area contributed by atoms with Gasteiger partial charge < -0.3 is 5.32 Å². The van der Waals surface area contributed by atoms with Gasteiger partial charge in [-0.05, 0) is 14.0 Å². The first-order chi connectivity index (χ1) is 5.65. The molecule has 66 valence electrons. The highest BCUT2D eigenvalue weighted by Crippen LogP contribution is 2.13. The molecule has 12 heavy (non-hydrogen) atoms. The van der Waals surface area contributed by atoms with E-state index in [4.69, 9.17) is 0 Å². The predicted octanol–water partition coefficient (Wildman–Crippen LogP) is 1.64. The van der Waals surface area contributed by atoms with E-state index in [-0.39, 0.29) is 11.7 Å². The Morgan fingerprint density at radius 3 is 2.67 bits per heavy atom. The van der Waals surface area contributed by atoms with E-state index in [1.807, 2.05) is 0 Å². The SMILES string of the molecule is CN[C@H](C)c1ncc(F)cc1F. The van der Waals surface area contributed by atoms with Crippen molar-refractivity contribution in [3.05, 3.63) is 29.6 Å². The monoisotopic (exact) mass is 172 g/mol. The van der Waals surface area contributed by atoms with E-state index < -0.39 is 11.6 Å². The quantitative estimate of drug-likeness (QED) is 0.733. The molecule has 1 rings (SSSR count). The van der Waals surface area contributed by atoms with Crippen molar-refractivity contribution in [1.29, 1.82) is 0 Å². The van der Waals surface area contributed by atoms with Crippen molar-refractivity contribution in [2.75, 3.05) is 7.05 Å². The lowest BCUT2D eigenvalue weighted by atomic mass is 10.2. The van der Waals surface area contributed by atoms with Gasteiger partial charge in [-0.2, -0.15) is 0 Å². The molecule has 0 aliphatic heterocycles. The average molecular weight is 172 g/mol. The van der Waals surface area contributed by atoms with Gasteiger partial charge in [-0.25, -0.2) is 8.78 Å². The molecule has 1 aromatic heterocycles. The van der Waals surface area contributed by atoms with Crippen molar-refractivity contribution in [2.45, 2.75) is 13.0 Å². The lowest BCUT2D eigenvalue weighted by molar-refractivity contribution is 0.522. The Labute approximate surface area is 69.6 Å². The molecule has 0 aromatic carbocycles. The Balaban J connectivity index is 3.01. The third-order valence-corrected chi connectivity index (χ3v) is 1.68. The first kappa shape index (κ1) is 9.06. The maximum absolute atomic E-state index is 12.9. The van der Waals surface area contributed by atoms with Gasteiger partial charge in [0.15, 0.2) is 0 Å². The highest BCUT2D eigenvalue weighted by Gasteiger charge is 2.10. The maximum Gasteiger partial charge on any atom is 0.149 e. The van der Waals surface area contributed by atoms with Crippen LogP contribution >= 0.6 is 0 Å². The zero-order valence-corrected chi connectivity index (χ0v) is 6.94. The highest BCUT2D eigenvalue weighted by molar-refractivity contribution is 5.11. The van der Waals surface area contributed by atoms with Crippen LogP contribution in [0.1, 0.15) is 18.7 Å². The standard InChI is InChI=1S/C8H10F2N2/c1-5(11-2)8-7(10)3-6(9)4-12-8/h3-5,11H,1-2H3/t5-/m1/s1. The van der Waals surface area contributed by atoms with Gasteiger partial charge in [0.25, 0.3) is 0 Å². The zero-order chi connectivity index (χ0) is 9.14. The Kier molecular flexibility index (Phi) is 2.70. The normalized spacial score (nSPS) is 13.0. The molecule has 0 fully saturated rings. The molecule has 0 aliphatic rings. The summed E-state index contributed by atoms with van der Waals surface area (Å²) in [5, 5.41) is 2.82. The molecule has 0 spiro atoms. The van der Waals surface area contributed by atoms with Crippen molar-refractivity contribution < 1.29 is 8.78 Å². The zero-order valence-electron chi connectivity index (χ0n) is 6.94. The fourth-order valence-electron chi connectivity index (χ4n) is 0.880. The molecular weight excluding hydrogens is 162 g/mol. The minimum Gasteiger partial charge on any atom is -0.312 e. The van der Waals surface area contributed by atoms with Gasteiger partial charge in [-0.15, -0.1) is 0 Å². The molecule has 0 aliphatic carbocycles. The second-order valence-electron chi connectivity index (χ2n) is 2.53. The second-order valence-corrected chi connectivity index (χ2v) is 2.53. The van der Waals surface area contributed by atoms with E-state index in [0.717, 1.165) is 12.3 Å². The Morgan fingerprint density at radius 1 is 1.50 bits per heavy atom. The number of rotatable bonds is 2. The summed E-state index contributed by atoms with van der Waals surface area (Å²) in [5.74, 6) is -1.27. The van der Waals surface area contributed by atoms with Gasteiger partial charge >= 0.3 is 0 Å². The van der Waals surface area contributed by atoms with Crippen molar-refractivity contribution in [1.82, 2.24) is 10.3 Å². The summed E-state index contributed by atoms with van der Waals surface area (Å²) < 4.78 is 25.3. The molecule has 0 bridgehead atoms. The van der Waals surface area contributed by atoms with E-state index in [9.17, 15) is 8.78 Å². The number of aromatic nitrogens is 1. The van der Waals surface area contributed by atoms with Crippen molar-refractivity contribution in [2.24, 2.45) is 0 Å². The van der Waals surface area contributed by atoms with Crippen LogP contribution in [0.15, 0.2) is 12.3 Å². The minimum atomic E-state index is -0.653. The van der Waals surface area contributed by atoms with Crippen LogP contribution < -0.4 is 5.32 Å². The fourth-order valence-corrected chi connectivity index (χ4v) is 0.880. The third kappa shape index (κ3) is 1.76. The fraction of sp³-hybridized carbons (Fsp3) is 0.375. The highest BCUT2D eigenvalue weighted by atomic mass is 19.1. The molecule has 4 heteroatoms. The predicted molar refractivity (Wildman–Crippen MR) is 41.6 cm³/mol. The van der Waals surface area contributed by atoms with Crippen LogP contribution in [0, 0.1) is 11.6 Å². The van der Waals surface area contributed by atoms with Crippen LogP contribution in [0.4, 0.5) is 8.78 Å². The molecule has 0 radical (unpaired) electrons. The summed E-state index contributed by atoms with van der Waals surface area (Å²) in [4.78, 5) is 3.64. The van der Waals surface area contributed by atoms with Crippen LogP contribution in [0.3, 0.4) is 0 Å². The molecule has 1 N–H and O–H groups in total. The molecule has 1 aromatic rings. The Bertz CT molecular complexity index is 276. The Hall–Kier alpha value is -1.03. The van der Waals surface area contributed by atoms with Crippen LogP contribution in [-0.4, -0.2) is 12.0 Å². The maximum atomic E-state index is 12.9. The van der Waals surface area contributed by atoms with Crippen LogP contribution in [0.2, 0.25) is 0 Å². The molecule has 0 saturated carbocycles. The summed E-state index contributed by atoms with van der Waals surface area (Å²) in [6.45, 7) is 1.75. The number of nitrogens with zero attached hydrogens (tertiary/aromatic N) is 1. The number of hydrogen-bond donors (Lipinski definition) is 1. The van der Waals surface area contributed by atoms with Crippen LogP contribution in [0.5, 0.6) is 0 Å². The number of halogens is 2. The topological polar surface area (TPSA) is 24.9 Å². The van der Waals surface area contributed by atoms with E-state index in [0.29, 0.717) is 0 Å². The van der Waals surface area contributed by atoms with E-state index in [1.165, 1.54) is 0 Å². The van der Waals surface area contributed by atoms with Gasteiger partial charge in [-0.3, -0.25) is 4.98 Å². The van der Waals surface area contributed by atoms with Crippen LogP contribution in [-0.2, 0) is 0 Å². The van der Waals surface area contributed by atoms with E-state index >= 15 is 0 Å². The van der Waals surface area contributed by atoms with Crippen molar-refractivity contribution >= 4 is 0 Å². The molecule has 0 unspecified atom stereocenters. The molecule has 1 atom stereocenters. The summed E-state index contributed by atoms with van der Waals surface area (Å²) in [7, 11) is 1.69. The third-order valence-electron chi connectivity index (χ3n) is 1.68. The smallest absolute Gasteiger partial charge is 0.149 e. The van der Waals surface area contributed by atoms with E-state index in [2.05, 4.69) is 10.3 Å². The molecular formula is C8H10F2N2. The summed E-state index contributed by atoms with van der Waals surface area (Å²) in [6.07, 6.45) is 1.01. The van der Waals surface area contributed by atoms with E-state index in [1.54, 1.807) is 14.0 Å². The molecule has 2 nitrogen and oxygen atoms in total. The first-order valence-electron chi connectivity index (χ1n) is 3.63. The van der Waals surface area contributed by atoms with Gasteiger partial charge in [0.2, 0.25) is 0 Å².